The Morgan fingerprint density at radius 1 is 1.15 bits per heavy atom. The second-order valence-corrected chi connectivity index (χ2v) is 8.26. The Morgan fingerprint density at radius 2 is 1.94 bits per heavy atom. The highest BCUT2D eigenvalue weighted by Gasteiger charge is 2.21. The summed E-state index contributed by atoms with van der Waals surface area (Å²) in [5, 5.41) is 8.11. The second-order valence-electron chi connectivity index (χ2n) is 8.26. The summed E-state index contributed by atoms with van der Waals surface area (Å²) < 4.78 is 11.8. The predicted molar refractivity (Wildman–Crippen MR) is 126 cm³/mol. The maximum absolute atomic E-state index is 13.1. The standard InChI is InChI=1S/C24H27N5O4/c1-14(2)11-18(23-27-16-7-5-6-8-17(16)28-23)26-20(30)13-29-24(31)21-15(12-25-29)9-10-19(32-3)22(21)33-4/h5-10,12,14,18H,11,13H2,1-4H3,(H,26,30)(H,27,28). The fourth-order valence-electron chi connectivity index (χ4n) is 3.92. The van der Waals surface area contributed by atoms with Crippen molar-refractivity contribution >= 4 is 27.7 Å². The van der Waals surface area contributed by atoms with Crippen molar-refractivity contribution in [3.63, 3.8) is 0 Å². The number of imidazole rings is 1. The number of para-hydroxylation sites is 2. The number of aromatic amines is 1. The zero-order chi connectivity index (χ0) is 23.5. The average Bonchev–Trinajstić information content (AvgIpc) is 3.23. The molecular formula is C24H27N5O4. The predicted octanol–water partition coefficient (Wildman–Crippen LogP) is 3.19. The first-order chi connectivity index (χ1) is 15.9. The number of aromatic nitrogens is 4. The molecule has 2 aromatic heterocycles. The molecule has 2 N–H and O–H groups in total. The van der Waals surface area contributed by atoms with Crippen molar-refractivity contribution in [2.75, 3.05) is 14.2 Å². The average molecular weight is 450 g/mol. The lowest BCUT2D eigenvalue weighted by Crippen LogP contribution is -2.36. The number of hydrogen-bond donors (Lipinski definition) is 2. The van der Waals surface area contributed by atoms with Gasteiger partial charge in [0.05, 0.1) is 42.9 Å². The summed E-state index contributed by atoms with van der Waals surface area (Å²) in [5.41, 5.74) is 1.32. The first kappa shape index (κ1) is 22.3. The molecule has 4 rings (SSSR count). The van der Waals surface area contributed by atoms with Gasteiger partial charge >= 0.3 is 0 Å². The number of nitrogens with one attached hydrogen (secondary N) is 2. The van der Waals surface area contributed by atoms with E-state index >= 15 is 0 Å². The number of carbonyl (C=O) groups is 1. The maximum atomic E-state index is 13.1. The van der Waals surface area contributed by atoms with E-state index in [9.17, 15) is 9.59 Å². The summed E-state index contributed by atoms with van der Waals surface area (Å²) in [5.74, 6) is 1.42. The number of carbonyl (C=O) groups excluding carboxylic acids is 1. The first-order valence-electron chi connectivity index (χ1n) is 10.8. The molecule has 0 saturated carbocycles. The quantitative estimate of drug-likeness (QED) is 0.427. The molecule has 0 aliphatic rings. The zero-order valence-corrected chi connectivity index (χ0v) is 19.1. The van der Waals surface area contributed by atoms with Gasteiger partial charge in [0, 0.05) is 5.39 Å². The minimum Gasteiger partial charge on any atom is -0.493 e. The third-order valence-corrected chi connectivity index (χ3v) is 5.44. The Hall–Kier alpha value is -3.88. The van der Waals surface area contributed by atoms with Crippen molar-refractivity contribution < 1.29 is 14.3 Å². The molecule has 1 unspecified atom stereocenters. The highest BCUT2D eigenvalue weighted by Crippen LogP contribution is 2.32. The molecule has 0 aliphatic heterocycles. The third kappa shape index (κ3) is 4.52. The lowest BCUT2D eigenvalue weighted by atomic mass is 10.0. The van der Waals surface area contributed by atoms with Crippen LogP contribution in [0.3, 0.4) is 0 Å². The number of benzene rings is 2. The largest absolute Gasteiger partial charge is 0.493 e. The molecule has 4 aromatic rings. The molecule has 2 aromatic carbocycles. The number of amides is 1. The number of methoxy groups -OCH3 is 2. The molecular weight excluding hydrogens is 422 g/mol. The molecule has 0 saturated heterocycles. The zero-order valence-electron chi connectivity index (χ0n) is 19.1. The van der Waals surface area contributed by atoms with Gasteiger partial charge in [-0.25, -0.2) is 9.67 Å². The number of fused-ring (bicyclic) bond motifs is 2. The van der Waals surface area contributed by atoms with Crippen molar-refractivity contribution in [2.24, 2.45) is 5.92 Å². The fourth-order valence-corrected chi connectivity index (χ4v) is 3.92. The smallest absolute Gasteiger partial charge is 0.279 e. The topological polar surface area (TPSA) is 111 Å². The summed E-state index contributed by atoms with van der Waals surface area (Å²) in [7, 11) is 2.97. The third-order valence-electron chi connectivity index (χ3n) is 5.44. The van der Waals surface area contributed by atoms with E-state index in [-0.39, 0.29) is 18.5 Å². The Balaban J connectivity index is 1.62. The summed E-state index contributed by atoms with van der Waals surface area (Å²) in [6, 6.07) is 10.8. The molecule has 9 nitrogen and oxygen atoms in total. The van der Waals surface area contributed by atoms with Gasteiger partial charge in [-0.15, -0.1) is 0 Å². The summed E-state index contributed by atoms with van der Waals surface area (Å²) in [6.45, 7) is 3.93. The van der Waals surface area contributed by atoms with Crippen LogP contribution in [0, 0.1) is 5.92 Å². The highest BCUT2D eigenvalue weighted by molar-refractivity contribution is 5.89. The molecule has 2 heterocycles. The molecule has 0 radical (unpaired) electrons. The van der Waals surface area contributed by atoms with Crippen LogP contribution in [-0.2, 0) is 11.3 Å². The lowest BCUT2D eigenvalue weighted by Gasteiger charge is -2.19. The van der Waals surface area contributed by atoms with Gasteiger partial charge in [-0.1, -0.05) is 26.0 Å². The molecule has 0 spiro atoms. The van der Waals surface area contributed by atoms with Gasteiger partial charge in [-0.05, 0) is 36.6 Å². The van der Waals surface area contributed by atoms with E-state index in [0.29, 0.717) is 40.4 Å². The van der Waals surface area contributed by atoms with Gasteiger partial charge in [0.15, 0.2) is 11.5 Å². The van der Waals surface area contributed by atoms with Gasteiger partial charge < -0.3 is 19.8 Å². The Bertz CT molecular complexity index is 1330. The van der Waals surface area contributed by atoms with E-state index in [2.05, 4.69) is 34.2 Å². The molecule has 0 aliphatic carbocycles. The second kappa shape index (κ2) is 9.32. The summed E-state index contributed by atoms with van der Waals surface area (Å²) in [6.07, 6.45) is 2.23. The highest BCUT2D eigenvalue weighted by atomic mass is 16.5. The van der Waals surface area contributed by atoms with Gasteiger partial charge in [0.1, 0.15) is 12.4 Å². The molecule has 1 atom stereocenters. The molecule has 0 fully saturated rings. The van der Waals surface area contributed by atoms with Crippen molar-refractivity contribution in [3.8, 4) is 11.5 Å². The fraction of sp³-hybridized carbons (Fsp3) is 0.333. The van der Waals surface area contributed by atoms with Crippen LogP contribution in [0.5, 0.6) is 11.5 Å². The van der Waals surface area contributed by atoms with Crippen LogP contribution in [0.25, 0.3) is 21.8 Å². The number of nitrogens with zero attached hydrogens (tertiary/aromatic N) is 3. The van der Waals surface area contributed by atoms with Gasteiger partial charge in [-0.3, -0.25) is 9.59 Å². The molecule has 0 bridgehead atoms. The van der Waals surface area contributed by atoms with Crippen LogP contribution in [0.1, 0.15) is 32.1 Å². The minimum absolute atomic E-state index is 0.232. The Morgan fingerprint density at radius 3 is 2.64 bits per heavy atom. The van der Waals surface area contributed by atoms with Crippen LogP contribution in [-0.4, -0.2) is 39.9 Å². The lowest BCUT2D eigenvalue weighted by molar-refractivity contribution is -0.122. The summed E-state index contributed by atoms with van der Waals surface area (Å²) >= 11 is 0. The number of hydrogen-bond acceptors (Lipinski definition) is 6. The van der Waals surface area contributed by atoms with Gasteiger partial charge in [0.2, 0.25) is 5.91 Å². The molecule has 9 heteroatoms. The van der Waals surface area contributed by atoms with Crippen LogP contribution in [0.4, 0.5) is 0 Å². The Kier molecular flexibility index (Phi) is 6.30. The number of rotatable bonds is 8. The monoisotopic (exact) mass is 449 g/mol. The van der Waals surface area contributed by atoms with Crippen molar-refractivity contribution in [1.82, 2.24) is 25.1 Å². The minimum atomic E-state index is -0.428. The number of ether oxygens (including phenoxy) is 2. The normalized spacial score (nSPS) is 12.3. The van der Waals surface area contributed by atoms with E-state index in [0.717, 1.165) is 15.7 Å². The van der Waals surface area contributed by atoms with E-state index in [1.165, 1.54) is 20.4 Å². The molecule has 33 heavy (non-hydrogen) atoms. The van der Waals surface area contributed by atoms with Crippen molar-refractivity contribution in [3.05, 3.63) is 58.8 Å². The molecule has 172 valence electrons. The summed E-state index contributed by atoms with van der Waals surface area (Å²) in [4.78, 5) is 34.0. The van der Waals surface area contributed by atoms with Crippen LogP contribution in [0.2, 0.25) is 0 Å². The van der Waals surface area contributed by atoms with Crippen molar-refractivity contribution in [2.45, 2.75) is 32.9 Å². The van der Waals surface area contributed by atoms with E-state index < -0.39 is 5.56 Å². The Labute approximate surface area is 190 Å². The SMILES string of the molecule is COc1ccc2cnn(CC(=O)NC(CC(C)C)c3nc4ccccc4[nH]3)c(=O)c2c1OC. The van der Waals surface area contributed by atoms with Crippen molar-refractivity contribution in [1.29, 1.82) is 0 Å². The van der Waals surface area contributed by atoms with E-state index in [1.54, 1.807) is 12.1 Å². The van der Waals surface area contributed by atoms with Gasteiger partial charge in [0.25, 0.3) is 5.56 Å². The van der Waals surface area contributed by atoms with Crippen LogP contribution < -0.4 is 20.3 Å². The maximum Gasteiger partial charge on any atom is 0.279 e. The van der Waals surface area contributed by atoms with Gasteiger partial charge in [-0.2, -0.15) is 5.10 Å². The first-order valence-corrected chi connectivity index (χ1v) is 10.8. The van der Waals surface area contributed by atoms with E-state index in [1.807, 2.05) is 24.3 Å². The molecule has 1 amide bonds. The van der Waals surface area contributed by atoms with E-state index in [4.69, 9.17) is 9.47 Å². The van der Waals surface area contributed by atoms with Crippen LogP contribution >= 0.6 is 0 Å². The van der Waals surface area contributed by atoms with Crippen LogP contribution in [0.15, 0.2) is 47.4 Å². The number of H-pyrrole nitrogens is 1.